The molecule has 5 nitrogen and oxygen atoms in total. The van der Waals surface area contributed by atoms with Gasteiger partial charge >= 0.3 is 0 Å². The van der Waals surface area contributed by atoms with Gasteiger partial charge in [-0.05, 0) is 23.1 Å². The zero-order valence-electron chi connectivity index (χ0n) is 27.3. The molecule has 3 aromatic rings. The maximum Gasteiger partial charge on any atom is 0.184 e. The Labute approximate surface area is 271 Å². The molecule has 4 rings (SSSR count). The van der Waals surface area contributed by atoms with Crippen LogP contribution in [0.1, 0.15) is 120 Å². The van der Waals surface area contributed by atoms with Crippen LogP contribution in [-0.4, -0.2) is 50.6 Å². The van der Waals surface area contributed by atoms with E-state index in [1.54, 1.807) is 0 Å². The Morgan fingerprint density at radius 3 is 1.33 bits per heavy atom. The van der Waals surface area contributed by atoms with Gasteiger partial charge in [0, 0.05) is 0 Å². The normalized spacial score (nSPS) is 22.5. The van der Waals surface area contributed by atoms with Gasteiger partial charge in [0.15, 0.2) is 6.29 Å². The zero-order valence-corrected chi connectivity index (χ0v) is 27.3. The van der Waals surface area contributed by atoms with E-state index < -0.39 is 35.6 Å². The molecule has 4 N–H and O–H groups in total. The smallest absolute Gasteiger partial charge is 0.184 e. The highest BCUT2D eigenvalue weighted by molar-refractivity contribution is 5.52. The summed E-state index contributed by atoms with van der Waals surface area (Å²) in [7, 11) is 0. The number of hydrogen-bond acceptors (Lipinski definition) is 5. The Morgan fingerprint density at radius 2 is 0.956 bits per heavy atom. The van der Waals surface area contributed by atoms with Crippen LogP contribution in [0.15, 0.2) is 91.0 Å². The molecular formula is C40H56O5. The fraction of sp³-hybridized carbons (Fsp3) is 0.550. The lowest BCUT2D eigenvalue weighted by Crippen LogP contribution is -2.58. The Balaban J connectivity index is 1.43. The molecule has 0 amide bonds. The van der Waals surface area contributed by atoms with E-state index in [0.29, 0.717) is 6.42 Å². The van der Waals surface area contributed by atoms with Crippen molar-refractivity contribution in [2.24, 2.45) is 0 Å². The van der Waals surface area contributed by atoms with E-state index >= 15 is 0 Å². The van der Waals surface area contributed by atoms with Gasteiger partial charge < -0.3 is 25.2 Å². The second-order valence-corrected chi connectivity index (χ2v) is 13.1. The molecular weight excluding hydrogens is 560 g/mol. The van der Waals surface area contributed by atoms with E-state index in [-0.39, 0.29) is 6.42 Å². The van der Waals surface area contributed by atoms with Crippen LogP contribution in [-0.2, 0) is 10.2 Å². The highest BCUT2D eigenvalue weighted by atomic mass is 16.7. The van der Waals surface area contributed by atoms with Gasteiger partial charge in [-0.25, -0.2) is 0 Å². The quantitative estimate of drug-likeness (QED) is 0.0762. The first kappa shape index (κ1) is 35.3. The summed E-state index contributed by atoms with van der Waals surface area (Å²) < 4.78 is 5.90. The minimum Gasteiger partial charge on any atom is -0.389 e. The molecule has 1 fully saturated rings. The molecule has 0 aliphatic carbocycles. The number of hydrogen-bond donors (Lipinski definition) is 4. The summed E-state index contributed by atoms with van der Waals surface area (Å²) in [5, 5.41) is 46.3. The van der Waals surface area contributed by atoms with E-state index in [4.69, 9.17) is 4.74 Å². The molecule has 1 heterocycles. The maximum absolute atomic E-state index is 12.5. The van der Waals surface area contributed by atoms with Crippen LogP contribution in [0.4, 0.5) is 0 Å². The highest BCUT2D eigenvalue weighted by Gasteiger charge is 2.61. The first-order chi connectivity index (χ1) is 22.0. The van der Waals surface area contributed by atoms with Gasteiger partial charge in [0.2, 0.25) is 0 Å². The molecule has 0 spiro atoms. The third kappa shape index (κ3) is 8.64. The summed E-state index contributed by atoms with van der Waals surface area (Å²) in [6.07, 6.45) is 11.6. The Bertz CT molecular complexity index is 1110. The van der Waals surface area contributed by atoms with Crippen molar-refractivity contribution < 1.29 is 25.2 Å². The zero-order chi connectivity index (χ0) is 32.0. The third-order valence-corrected chi connectivity index (χ3v) is 9.91. The van der Waals surface area contributed by atoms with Crippen LogP contribution in [0.2, 0.25) is 0 Å². The van der Waals surface area contributed by atoms with Crippen molar-refractivity contribution >= 4 is 0 Å². The third-order valence-electron chi connectivity index (χ3n) is 9.91. The molecule has 0 bridgehead atoms. The molecule has 1 unspecified atom stereocenters. The topological polar surface area (TPSA) is 90.2 Å². The van der Waals surface area contributed by atoms with Crippen molar-refractivity contribution in [3.8, 4) is 0 Å². The van der Waals surface area contributed by atoms with Crippen LogP contribution < -0.4 is 0 Å². The molecule has 0 radical (unpaired) electrons. The number of aliphatic hydroxyl groups excluding tert-OH is 3. The standard InChI is InChI=1S/C40H56O5/c1-2-3-4-5-6-7-8-9-10-11-12-13-14-24-31-39(44)36(42)38(43)45-37(39)35(41)40(32-25-18-15-19-26-32,33-27-20-16-21-28-33)34-29-22-17-23-30-34/h15-23,25-30,35-38,41-44H,2-14,24,31H2,1H3/t35?,36-,37+,38-,39-/m0/s1. The van der Waals surface area contributed by atoms with Crippen LogP contribution in [0.5, 0.6) is 0 Å². The Hall–Kier alpha value is -2.54. The van der Waals surface area contributed by atoms with Crippen LogP contribution >= 0.6 is 0 Å². The lowest BCUT2D eigenvalue weighted by atomic mass is 9.62. The van der Waals surface area contributed by atoms with E-state index in [9.17, 15) is 20.4 Å². The van der Waals surface area contributed by atoms with Crippen LogP contribution in [0, 0.1) is 0 Å². The van der Waals surface area contributed by atoms with Gasteiger partial charge in [0.1, 0.15) is 23.9 Å². The Kier molecular flexibility index (Phi) is 14.1. The first-order valence-electron chi connectivity index (χ1n) is 17.5. The summed E-state index contributed by atoms with van der Waals surface area (Å²) >= 11 is 0. The van der Waals surface area contributed by atoms with Crippen molar-refractivity contribution in [1.29, 1.82) is 0 Å². The summed E-state index contributed by atoms with van der Waals surface area (Å²) in [5.41, 5.74) is -0.476. The average molecular weight is 617 g/mol. The lowest BCUT2D eigenvalue weighted by molar-refractivity contribution is -0.157. The van der Waals surface area contributed by atoms with E-state index in [1.807, 2.05) is 91.0 Å². The lowest BCUT2D eigenvalue weighted by Gasteiger charge is -2.45. The number of benzene rings is 3. The van der Waals surface area contributed by atoms with Gasteiger partial charge in [-0.3, -0.25) is 0 Å². The predicted molar refractivity (Wildman–Crippen MR) is 182 cm³/mol. The summed E-state index contributed by atoms with van der Waals surface area (Å²) in [6.45, 7) is 2.26. The van der Waals surface area contributed by atoms with Gasteiger partial charge in [0.05, 0.1) is 5.41 Å². The number of rotatable bonds is 20. The van der Waals surface area contributed by atoms with Gasteiger partial charge in [0.25, 0.3) is 0 Å². The predicted octanol–water partition coefficient (Wildman–Crippen LogP) is 8.06. The molecule has 246 valence electrons. The fourth-order valence-corrected chi connectivity index (χ4v) is 7.34. The van der Waals surface area contributed by atoms with E-state index in [1.165, 1.54) is 64.2 Å². The minimum absolute atomic E-state index is 0.222. The summed E-state index contributed by atoms with van der Waals surface area (Å²) in [5.74, 6) is 0. The maximum atomic E-state index is 12.5. The van der Waals surface area contributed by atoms with Gasteiger partial charge in [-0.1, -0.05) is 188 Å². The summed E-state index contributed by atoms with van der Waals surface area (Å²) in [4.78, 5) is 0. The van der Waals surface area contributed by atoms with Crippen molar-refractivity contribution in [2.75, 3.05) is 0 Å². The fourth-order valence-electron chi connectivity index (χ4n) is 7.34. The number of ether oxygens (including phenoxy) is 1. The SMILES string of the molecule is CCCCCCCCCCCCCCCC[C@@]1(O)[C@@H](C(O)C(c2ccccc2)(c2ccccc2)c2ccccc2)O[C@H](O)[C@@H]1O. The van der Waals surface area contributed by atoms with Gasteiger partial charge in [-0.2, -0.15) is 0 Å². The minimum atomic E-state index is -1.82. The van der Waals surface area contributed by atoms with Crippen molar-refractivity contribution in [2.45, 2.75) is 139 Å². The molecule has 5 heteroatoms. The molecule has 45 heavy (non-hydrogen) atoms. The van der Waals surface area contributed by atoms with Crippen LogP contribution in [0.3, 0.4) is 0 Å². The average Bonchev–Trinajstić information content (AvgIpc) is 3.30. The first-order valence-corrected chi connectivity index (χ1v) is 17.5. The van der Waals surface area contributed by atoms with E-state index in [0.717, 1.165) is 36.0 Å². The molecule has 1 aliphatic heterocycles. The molecule has 0 saturated carbocycles. The van der Waals surface area contributed by atoms with Gasteiger partial charge in [-0.15, -0.1) is 0 Å². The second kappa shape index (κ2) is 18.0. The van der Waals surface area contributed by atoms with Crippen molar-refractivity contribution in [3.63, 3.8) is 0 Å². The molecule has 1 saturated heterocycles. The van der Waals surface area contributed by atoms with E-state index in [2.05, 4.69) is 6.92 Å². The number of aliphatic hydroxyl groups is 4. The molecule has 3 aromatic carbocycles. The largest absolute Gasteiger partial charge is 0.389 e. The molecule has 0 aromatic heterocycles. The van der Waals surface area contributed by atoms with Crippen molar-refractivity contribution in [3.05, 3.63) is 108 Å². The molecule has 1 aliphatic rings. The second-order valence-electron chi connectivity index (χ2n) is 13.1. The van der Waals surface area contributed by atoms with Crippen LogP contribution in [0.25, 0.3) is 0 Å². The number of unbranched alkanes of at least 4 members (excludes halogenated alkanes) is 13. The summed E-state index contributed by atoms with van der Waals surface area (Å²) in [6, 6.07) is 29.2. The monoisotopic (exact) mass is 616 g/mol. The molecule has 5 atom stereocenters. The van der Waals surface area contributed by atoms with Crippen molar-refractivity contribution in [1.82, 2.24) is 0 Å². The highest BCUT2D eigenvalue weighted by Crippen LogP contribution is 2.48. The Morgan fingerprint density at radius 1 is 0.600 bits per heavy atom.